The van der Waals surface area contributed by atoms with Crippen LogP contribution in [0.3, 0.4) is 0 Å². The van der Waals surface area contributed by atoms with Gasteiger partial charge in [-0.05, 0) is 59.8 Å². The van der Waals surface area contributed by atoms with E-state index in [0.717, 1.165) is 36.4 Å². The van der Waals surface area contributed by atoms with Crippen molar-refractivity contribution in [3.05, 3.63) is 95.3 Å². The Bertz CT molecular complexity index is 1420. The van der Waals surface area contributed by atoms with Gasteiger partial charge in [-0.2, -0.15) is 8.78 Å². The Balaban J connectivity index is 1.79. The molecule has 4 aromatic rings. The molecule has 4 aromatic carbocycles. The Hall–Kier alpha value is -3.81. The Labute approximate surface area is 189 Å². The standard InChI is InChI=1S/C26H15F7O/c1-2-34-16-4-6-17(21(28)11-16)15-9-22(29)25(23(30)10-15)13-3-5-18-14(7-13)8-20(27)19(26(18)33)12-24(31)32/h3-12H,2H2,1H3. The van der Waals surface area contributed by atoms with Gasteiger partial charge in [0.2, 0.25) is 0 Å². The van der Waals surface area contributed by atoms with Gasteiger partial charge in [0, 0.05) is 23.1 Å². The highest BCUT2D eigenvalue weighted by Gasteiger charge is 2.19. The molecule has 0 N–H and O–H groups in total. The second-order valence-electron chi connectivity index (χ2n) is 7.35. The number of rotatable bonds is 5. The molecule has 174 valence electrons. The SMILES string of the molecule is CCOc1ccc(-c2cc(F)c(-c3ccc4c(F)c(C=C(F)F)c(F)cc4c3)c(F)c2)c(F)c1. The van der Waals surface area contributed by atoms with E-state index >= 15 is 0 Å². The molecule has 0 bridgehead atoms. The second-order valence-corrected chi connectivity index (χ2v) is 7.35. The first-order valence-electron chi connectivity index (χ1n) is 10.1. The maximum absolute atomic E-state index is 15.0. The lowest BCUT2D eigenvalue weighted by molar-refractivity contribution is 0.338. The third-order valence-corrected chi connectivity index (χ3v) is 5.21. The van der Waals surface area contributed by atoms with Gasteiger partial charge in [-0.3, -0.25) is 0 Å². The van der Waals surface area contributed by atoms with E-state index in [0.29, 0.717) is 6.61 Å². The zero-order valence-corrected chi connectivity index (χ0v) is 17.5. The van der Waals surface area contributed by atoms with Crippen LogP contribution in [0.5, 0.6) is 5.75 Å². The van der Waals surface area contributed by atoms with Gasteiger partial charge in [0.1, 0.15) is 34.8 Å². The second kappa shape index (κ2) is 9.21. The van der Waals surface area contributed by atoms with Gasteiger partial charge < -0.3 is 4.74 Å². The monoisotopic (exact) mass is 476 g/mol. The molecular weight excluding hydrogens is 461 g/mol. The maximum Gasteiger partial charge on any atom is 0.271 e. The van der Waals surface area contributed by atoms with E-state index in [1.165, 1.54) is 18.2 Å². The van der Waals surface area contributed by atoms with Crippen LogP contribution < -0.4 is 4.74 Å². The molecule has 8 heteroatoms. The quantitative estimate of drug-likeness (QED) is 0.263. The van der Waals surface area contributed by atoms with Gasteiger partial charge >= 0.3 is 0 Å². The highest BCUT2D eigenvalue weighted by atomic mass is 19.3. The van der Waals surface area contributed by atoms with E-state index in [1.54, 1.807) is 6.92 Å². The fourth-order valence-electron chi connectivity index (χ4n) is 3.73. The van der Waals surface area contributed by atoms with E-state index in [1.807, 2.05) is 0 Å². The summed E-state index contributed by atoms with van der Waals surface area (Å²) in [5.41, 5.74) is -1.55. The predicted octanol–water partition coefficient (Wildman–Crippen LogP) is 8.51. The van der Waals surface area contributed by atoms with Crippen LogP contribution in [-0.2, 0) is 0 Å². The smallest absolute Gasteiger partial charge is 0.271 e. The average molecular weight is 476 g/mol. The number of hydrogen-bond donors (Lipinski definition) is 0. The van der Waals surface area contributed by atoms with Crippen molar-refractivity contribution in [1.82, 2.24) is 0 Å². The Morgan fingerprint density at radius 1 is 0.765 bits per heavy atom. The fraction of sp³-hybridized carbons (Fsp3) is 0.0769. The lowest BCUT2D eigenvalue weighted by atomic mass is 9.96. The summed E-state index contributed by atoms with van der Waals surface area (Å²) in [7, 11) is 0. The van der Waals surface area contributed by atoms with Gasteiger partial charge in [0.05, 0.1) is 17.7 Å². The lowest BCUT2D eigenvalue weighted by Gasteiger charge is -2.12. The molecule has 0 aliphatic rings. The minimum atomic E-state index is -2.28. The summed E-state index contributed by atoms with van der Waals surface area (Å²) in [5, 5.41) is -0.282. The van der Waals surface area contributed by atoms with Crippen molar-refractivity contribution in [1.29, 1.82) is 0 Å². The summed E-state index contributed by atoms with van der Waals surface area (Å²) in [6, 6.07) is 10.0. The third-order valence-electron chi connectivity index (χ3n) is 5.21. The van der Waals surface area contributed by atoms with Crippen LogP contribution in [0.2, 0.25) is 0 Å². The number of hydrogen-bond acceptors (Lipinski definition) is 1. The first-order valence-corrected chi connectivity index (χ1v) is 10.1. The van der Waals surface area contributed by atoms with E-state index in [-0.39, 0.29) is 39.3 Å². The summed E-state index contributed by atoms with van der Waals surface area (Å²) < 4.78 is 103. The van der Waals surface area contributed by atoms with Crippen LogP contribution in [0.1, 0.15) is 12.5 Å². The molecule has 0 aromatic heterocycles. The normalized spacial score (nSPS) is 11.1. The molecule has 0 saturated heterocycles. The average Bonchev–Trinajstić information content (AvgIpc) is 2.76. The minimum Gasteiger partial charge on any atom is -0.494 e. The molecule has 0 radical (unpaired) electrons. The largest absolute Gasteiger partial charge is 0.494 e. The highest BCUT2D eigenvalue weighted by molar-refractivity contribution is 5.90. The Kier molecular flexibility index (Phi) is 6.32. The third kappa shape index (κ3) is 4.35. The molecule has 0 amide bonds. The van der Waals surface area contributed by atoms with Gasteiger partial charge in [-0.1, -0.05) is 12.1 Å². The van der Waals surface area contributed by atoms with Crippen LogP contribution in [-0.4, -0.2) is 6.61 Å². The molecule has 34 heavy (non-hydrogen) atoms. The topological polar surface area (TPSA) is 9.23 Å². The molecule has 0 heterocycles. The molecule has 0 saturated carbocycles. The molecule has 0 spiro atoms. The molecule has 0 atom stereocenters. The van der Waals surface area contributed by atoms with Crippen LogP contribution >= 0.6 is 0 Å². The fourth-order valence-corrected chi connectivity index (χ4v) is 3.73. The summed E-state index contributed by atoms with van der Waals surface area (Å²) >= 11 is 0. The maximum atomic E-state index is 15.0. The van der Waals surface area contributed by atoms with E-state index in [2.05, 4.69) is 0 Å². The molecule has 4 rings (SSSR count). The number of fused-ring (bicyclic) bond motifs is 1. The van der Waals surface area contributed by atoms with E-state index < -0.39 is 46.3 Å². The Morgan fingerprint density at radius 2 is 1.47 bits per heavy atom. The summed E-state index contributed by atoms with van der Waals surface area (Å²) in [5.74, 6) is -4.99. The number of benzene rings is 4. The van der Waals surface area contributed by atoms with Crippen LogP contribution in [0.15, 0.2) is 60.7 Å². The van der Waals surface area contributed by atoms with Gasteiger partial charge in [-0.25, -0.2) is 22.0 Å². The van der Waals surface area contributed by atoms with Gasteiger partial charge in [0.25, 0.3) is 6.08 Å². The molecule has 0 unspecified atom stereocenters. The van der Waals surface area contributed by atoms with Crippen molar-refractivity contribution in [3.63, 3.8) is 0 Å². The van der Waals surface area contributed by atoms with E-state index in [4.69, 9.17) is 4.74 Å². The highest BCUT2D eigenvalue weighted by Crippen LogP contribution is 2.35. The molecule has 0 aliphatic carbocycles. The number of ether oxygens (including phenoxy) is 1. The summed E-state index contributed by atoms with van der Waals surface area (Å²) in [4.78, 5) is 0. The molecule has 0 fully saturated rings. The molecule has 0 aliphatic heterocycles. The minimum absolute atomic E-state index is 0.0417. The number of halogens is 7. The Morgan fingerprint density at radius 3 is 2.09 bits per heavy atom. The first-order chi connectivity index (χ1) is 16.2. The van der Waals surface area contributed by atoms with Crippen LogP contribution in [0.25, 0.3) is 39.1 Å². The molecular formula is C26H15F7O. The van der Waals surface area contributed by atoms with Crippen molar-refractivity contribution in [2.45, 2.75) is 6.92 Å². The van der Waals surface area contributed by atoms with Crippen molar-refractivity contribution >= 4 is 16.8 Å². The van der Waals surface area contributed by atoms with Gasteiger partial charge in [-0.15, -0.1) is 0 Å². The predicted molar refractivity (Wildman–Crippen MR) is 116 cm³/mol. The zero-order valence-electron chi connectivity index (χ0n) is 17.5. The zero-order chi connectivity index (χ0) is 24.6. The van der Waals surface area contributed by atoms with Gasteiger partial charge in [0.15, 0.2) is 0 Å². The van der Waals surface area contributed by atoms with E-state index in [9.17, 15) is 30.7 Å². The van der Waals surface area contributed by atoms with Crippen molar-refractivity contribution < 1.29 is 35.5 Å². The molecule has 1 nitrogen and oxygen atoms in total. The first kappa shape index (κ1) is 23.4. The van der Waals surface area contributed by atoms with Crippen molar-refractivity contribution in [2.75, 3.05) is 6.61 Å². The lowest BCUT2D eigenvalue weighted by Crippen LogP contribution is -1.96. The summed E-state index contributed by atoms with van der Waals surface area (Å²) in [6.07, 6.45) is -2.21. The van der Waals surface area contributed by atoms with Crippen molar-refractivity contribution in [3.8, 4) is 28.0 Å². The van der Waals surface area contributed by atoms with Crippen LogP contribution in [0.4, 0.5) is 30.7 Å². The van der Waals surface area contributed by atoms with Crippen LogP contribution in [0, 0.1) is 29.1 Å². The summed E-state index contributed by atoms with van der Waals surface area (Å²) in [6.45, 7) is 2.05. The van der Waals surface area contributed by atoms with Crippen molar-refractivity contribution in [2.24, 2.45) is 0 Å².